The molecule has 2 rings (SSSR count). The van der Waals surface area contributed by atoms with Crippen LogP contribution in [0.25, 0.3) is 6.08 Å². The maximum absolute atomic E-state index is 12.7. The van der Waals surface area contributed by atoms with E-state index in [0.717, 1.165) is 24.8 Å². The SMILES string of the molecule is CCN(C(=O)N1CCCCC1)N(CC=O)C(=O)C=Cc1ccccc1. The van der Waals surface area contributed by atoms with Crippen molar-refractivity contribution in [3.8, 4) is 0 Å². The van der Waals surface area contributed by atoms with Crippen LogP contribution in [0.4, 0.5) is 4.79 Å². The Labute approximate surface area is 148 Å². The highest BCUT2D eigenvalue weighted by Gasteiger charge is 2.28. The van der Waals surface area contributed by atoms with Crippen LogP contribution in [0, 0.1) is 0 Å². The minimum absolute atomic E-state index is 0.147. The van der Waals surface area contributed by atoms with Crippen LogP contribution in [-0.4, -0.2) is 59.3 Å². The van der Waals surface area contributed by atoms with Crippen LogP contribution >= 0.6 is 0 Å². The second-order valence-electron chi connectivity index (χ2n) is 5.88. The van der Waals surface area contributed by atoms with E-state index in [1.54, 1.807) is 17.9 Å². The molecule has 6 nitrogen and oxygen atoms in total. The zero-order valence-corrected chi connectivity index (χ0v) is 14.6. The number of hydrazine groups is 1. The van der Waals surface area contributed by atoms with Crippen molar-refractivity contribution in [1.82, 2.24) is 14.9 Å². The number of carbonyl (C=O) groups excluding carboxylic acids is 3. The molecule has 1 saturated heterocycles. The molecular weight excluding hydrogens is 318 g/mol. The summed E-state index contributed by atoms with van der Waals surface area (Å²) in [5, 5.41) is 2.57. The van der Waals surface area contributed by atoms with E-state index in [2.05, 4.69) is 0 Å². The average molecular weight is 343 g/mol. The van der Waals surface area contributed by atoms with Gasteiger partial charge in [-0.2, -0.15) is 0 Å². The number of rotatable bonds is 5. The molecule has 0 atom stereocenters. The number of hydrogen-bond donors (Lipinski definition) is 0. The smallest absolute Gasteiger partial charge is 0.323 e. The average Bonchev–Trinajstić information content (AvgIpc) is 2.67. The van der Waals surface area contributed by atoms with Crippen LogP contribution in [0.15, 0.2) is 36.4 Å². The quantitative estimate of drug-likeness (QED) is 0.469. The lowest BCUT2D eigenvalue weighted by atomic mass is 10.1. The number of hydrogen-bond acceptors (Lipinski definition) is 3. The summed E-state index contributed by atoms with van der Waals surface area (Å²) in [6, 6.07) is 9.20. The van der Waals surface area contributed by atoms with Gasteiger partial charge >= 0.3 is 6.03 Å². The fraction of sp³-hybridized carbons (Fsp3) is 0.421. The monoisotopic (exact) mass is 343 g/mol. The summed E-state index contributed by atoms with van der Waals surface area (Å²) in [6.07, 6.45) is 6.77. The third kappa shape index (κ3) is 5.17. The predicted octanol–water partition coefficient (Wildman–Crippen LogP) is 2.57. The number of benzene rings is 1. The van der Waals surface area contributed by atoms with E-state index in [0.29, 0.717) is 25.9 Å². The molecule has 1 fully saturated rings. The third-order valence-corrected chi connectivity index (χ3v) is 4.16. The van der Waals surface area contributed by atoms with Gasteiger partial charge in [-0.05, 0) is 37.8 Å². The Morgan fingerprint density at radius 1 is 1.08 bits per heavy atom. The molecule has 0 radical (unpaired) electrons. The molecule has 1 aliphatic rings. The highest BCUT2D eigenvalue weighted by molar-refractivity contribution is 5.94. The van der Waals surface area contributed by atoms with Gasteiger partial charge in [0, 0.05) is 25.7 Å². The number of aldehydes is 1. The number of urea groups is 1. The van der Waals surface area contributed by atoms with Crippen molar-refractivity contribution in [1.29, 1.82) is 0 Å². The molecule has 25 heavy (non-hydrogen) atoms. The Balaban J connectivity index is 2.12. The first-order valence-electron chi connectivity index (χ1n) is 8.72. The van der Waals surface area contributed by atoms with E-state index in [1.165, 1.54) is 16.1 Å². The Morgan fingerprint density at radius 3 is 2.36 bits per heavy atom. The molecule has 0 aliphatic carbocycles. The van der Waals surface area contributed by atoms with E-state index in [-0.39, 0.29) is 18.5 Å². The molecule has 0 spiro atoms. The molecule has 1 aliphatic heterocycles. The number of nitrogens with zero attached hydrogens (tertiary/aromatic N) is 3. The Bertz CT molecular complexity index is 610. The standard InChI is InChI=1S/C19H25N3O3/c1-2-21(19(25)20-13-7-4-8-14-20)22(15-16-23)18(24)12-11-17-9-5-3-6-10-17/h3,5-6,9-12,16H,2,4,7-8,13-15H2,1H3. The van der Waals surface area contributed by atoms with Crippen LogP contribution in [0.2, 0.25) is 0 Å². The number of likely N-dealkylation sites (tertiary alicyclic amines) is 1. The summed E-state index contributed by atoms with van der Waals surface area (Å²) in [6.45, 7) is 3.37. The molecular formula is C19H25N3O3. The molecule has 134 valence electrons. The summed E-state index contributed by atoms with van der Waals surface area (Å²) in [5.74, 6) is -0.386. The van der Waals surface area contributed by atoms with Gasteiger partial charge in [0.25, 0.3) is 5.91 Å². The molecule has 1 heterocycles. The van der Waals surface area contributed by atoms with Gasteiger partial charge in [-0.1, -0.05) is 30.3 Å². The van der Waals surface area contributed by atoms with Gasteiger partial charge in [-0.25, -0.2) is 14.8 Å². The Hall–Kier alpha value is -2.63. The van der Waals surface area contributed by atoms with Crippen LogP contribution in [-0.2, 0) is 9.59 Å². The van der Waals surface area contributed by atoms with Crippen molar-refractivity contribution < 1.29 is 14.4 Å². The van der Waals surface area contributed by atoms with Crippen LogP contribution in [0.3, 0.4) is 0 Å². The lowest BCUT2D eigenvalue weighted by Gasteiger charge is -2.37. The van der Waals surface area contributed by atoms with Crippen molar-refractivity contribution in [3.63, 3.8) is 0 Å². The number of carbonyl (C=O) groups is 3. The summed E-state index contributed by atoms with van der Waals surface area (Å²) >= 11 is 0. The fourth-order valence-electron chi connectivity index (χ4n) is 2.85. The first kappa shape index (κ1) is 18.7. The van der Waals surface area contributed by atoms with Gasteiger partial charge in [-0.15, -0.1) is 0 Å². The maximum atomic E-state index is 12.7. The molecule has 0 N–H and O–H groups in total. The largest absolute Gasteiger partial charge is 0.338 e. The van der Waals surface area contributed by atoms with Gasteiger partial charge < -0.3 is 9.69 Å². The summed E-state index contributed by atoms with van der Waals surface area (Å²) in [4.78, 5) is 38.1. The molecule has 0 aromatic heterocycles. The normalized spacial score (nSPS) is 14.4. The maximum Gasteiger partial charge on any atom is 0.338 e. The third-order valence-electron chi connectivity index (χ3n) is 4.16. The molecule has 0 unspecified atom stereocenters. The van der Waals surface area contributed by atoms with E-state index in [4.69, 9.17) is 0 Å². The van der Waals surface area contributed by atoms with Gasteiger partial charge in [0.15, 0.2) is 0 Å². The van der Waals surface area contributed by atoms with Crippen molar-refractivity contribution >= 4 is 24.3 Å². The minimum atomic E-state index is -0.386. The van der Waals surface area contributed by atoms with Gasteiger partial charge in [-0.3, -0.25) is 4.79 Å². The van der Waals surface area contributed by atoms with Crippen molar-refractivity contribution in [3.05, 3.63) is 42.0 Å². The molecule has 0 saturated carbocycles. The molecule has 6 heteroatoms. The Kier molecular flexibility index (Phi) is 7.19. The Morgan fingerprint density at radius 2 is 1.76 bits per heavy atom. The lowest BCUT2D eigenvalue weighted by molar-refractivity contribution is -0.141. The van der Waals surface area contributed by atoms with Crippen molar-refractivity contribution in [2.24, 2.45) is 0 Å². The molecule has 1 aromatic rings. The second-order valence-corrected chi connectivity index (χ2v) is 5.88. The van der Waals surface area contributed by atoms with Crippen molar-refractivity contribution in [2.75, 3.05) is 26.2 Å². The number of piperidine rings is 1. The number of amides is 3. The van der Waals surface area contributed by atoms with E-state index in [1.807, 2.05) is 30.3 Å². The summed E-state index contributed by atoms with van der Waals surface area (Å²) in [5.41, 5.74) is 0.882. The topological polar surface area (TPSA) is 60.9 Å². The van der Waals surface area contributed by atoms with Crippen LogP contribution in [0.1, 0.15) is 31.7 Å². The molecule has 1 aromatic carbocycles. The van der Waals surface area contributed by atoms with E-state index >= 15 is 0 Å². The first-order valence-corrected chi connectivity index (χ1v) is 8.72. The van der Waals surface area contributed by atoms with Gasteiger partial charge in [0.2, 0.25) is 0 Å². The fourth-order valence-corrected chi connectivity index (χ4v) is 2.85. The molecule has 0 bridgehead atoms. The summed E-state index contributed by atoms with van der Waals surface area (Å²) < 4.78 is 0. The highest BCUT2D eigenvalue weighted by atomic mass is 16.2. The predicted molar refractivity (Wildman–Crippen MR) is 96.5 cm³/mol. The zero-order chi connectivity index (χ0) is 18.1. The van der Waals surface area contributed by atoms with Crippen LogP contribution in [0.5, 0.6) is 0 Å². The van der Waals surface area contributed by atoms with E-state index in [9.17, 15) is 14.4 Å². The first-order chi connectivity index (χ1) is 12.2. The minimum Gasteiger partial charge on any atom is -0.323 e. The van der Waals surface area contributed by atoms with Gasteiger partial charge in [0.05, 0.1) is 6.54 Å². The van der Waals surface area contributed by atoms with Gasteiger partial charge in [0.1, 0.15) is 6.29 Å². The zero-order valence-electron chi connectivity index (χ0n) is 14.6. The molecule has 3 amide bonds. The lowest BCUT2D eigenvalue weighted by Crippen LogP contribution is -2.55. The second kappa shape index (κ2) is 9.61. The van der Waals surface area contributed by atoms with E-state index < -0.39 is 0 Å². The summed E-state index contributed by atoms with van der Waals surface area (Å²) in [7, 11) is 0. The highest BCUT2D eigenvalue weighted by Crippen LogP contribution is 2.13. The van der Waals surface area contributed by atoms with Crippen LogP contribution < -0.4 is 0 Å². The van der Waals surface area contributed by atoms with Crippen molar-refractivity contribution in [2.45, 2.75) is 26.2 Å².